The van der Waals surface area contributed by atoms with E-state index in [1.54, 1.807) is 7.11 Å². The van der Waals surface area contributed by atoms with E-state index >= 15 is 0 Å². The molecule has 22 heavy (non-hydrogen) atoms. The number of methoxy groups -OCH3 is 1. The fourth-order valence-corrected chi connectivity index (χ4v) is 1.96. The van der Waals surface area contributed by atoms with Gasteiger partial charge in [0.25, 0.3) is 0 Å². The van der Waals surface area contributed by atoms with Crippen molar-refractivity contribution in [2.75, 3.05) is 13.7 Å². The van der Waals surface area contributed by atoms with Crippen molar-refractivity contribution in [2.45, 2.75) is 19.9 Å². The minimum absolute atomic E-state index is 0.0352. The highest BCUT2D eigenvalue weighted by atomic mass is 16.5. The number of rotatable bonds is 7. The van der Waals surface area contributed by atoms with Crippen LogP contribution in [0.15, 0.2) is 48.5 Å². The Hall–Kier alpha value is -2.33. The van der Waals surface area contributed by atoms with E-state index in [0.29, 0.717) is 19.6 Å². The Morgan fingerprint density at radius 1 is 1.09 bits per heavy atom. The normalized spacial score (nSPS) is 10.3. The van der Waals surface area contributed by atoms with Crippen LogP contribution >= 0.6 is 0 Å². The van der Waals surface area contributed by atoms with E-state index < -0.39 is 0 Å². The number of carbonyl (C=O) groups excluding carboxylic acids is 1. The summed E-state index contributed by atoms with van der Waals surface area (Å²) in [4.78, 5) is 11.7. The Morgan fingerprint density at radius 3 is 2.55 bits per heavy atom. The summed E-state index contributed by atoms with van der Waals surface area (Å²) >= 11 is 0. The monoisotopic (exact) mass is 299 g/mol. The zero-order chi connectivity index (χ0) is 15.8. The zero-order valence-corrected chi connectivity index (χ0v) is 13.0. The lowest BCUT2D eigenvalue weighted by Gasteiger charge is -2.12. The molecule has 0 saturated carbocycles. The molecule has 0 fully saturated rings. The van der Waals surface area contributed by atoms with Gasteiger partial charge >= 0.3 is 0 Å². The molecule has 2 rings (SSSR count). The number of hydrogen-bond donors (Lipinski definition) is 1. The Balaban J connectivity index is 2.00. The van der Waals surface area contributed by atoms with Gasteiger partial charge in [-0.1, -0.05) is 35.9 Å². The van der Waals surface area contributed by atoms with Crippen molar-refractivity contribution in [3.63, 3.8) is 0 Å². The molecule has 0 saturated heterocycles. The number of ether oxygens (including phenoxy) is 2. The first-order chi connectivity index (χ1) is 10.7. The predicted molar refractivity (Wildman–Crippen MR) is 86.0 cm³/mol. The first kappa shape index (κ1) is 16.0. The van der Waals surface area contributed by atoms with Crippen LogP contribution in [0.25, 0.3) is 0 Å². The van der Waals surface area contributed by atoms with Gasteiger partial charge < -0.3 is 14.8 Å². The van der Waals surface area contributed by atoms with Crippen LogP contribution in [0, 0.1) is 6.92 Å². The van der Waals surface area contributed by atoms with Gasteiger partial charge in [-0.05, 0) is 25.1 Å². The molecular formula is C18H21NO3. The van der Waals surface area contributed by atoms with Gasteiger partial charge in [0.1, 0.15) is 11.5 Å². The number of carbonyl (C=O) groups is 1. The third-order valence-electron chi connectivity index (χ3n) is 3.23. The number of benzene rings is 2. The minimum atomic E-state index is -0.0352. The number of aryl methyl sites for hydroxylation is 1. The molecule has 1 N–H and O–H groups in total. The average molecular weight is 299 g/mol. The smallest absolute Gasteiger partial charge is 0.222 e. The second-order valence-corrected chi connectivity index (χ2v) is 5.04. The molecule has 0 aliphatic heterocycles. The second-order valence-electron chi connectivity index (χ2n) is 5.04. The van der Waals surface area contributed by atoms with Crippen LogP contribution in [0.1, 0.15) is 17.5 Å². The molecule has 0 aromatic heterocycles. The first-order valence-electron chi connectivity index (χ1n) is 7.27. The van der Waals surface area contributed by atoms with Crippen molar-refractivity contribution in [3.8, 4) is 11.5 Å². The summed E-state index contributed by atoms with van der Waals surface area (Å²) in [6, 6.07) is 15.6. The van der Waals surface area contributed by atoms with Crippen LogP contribution in [0.4, 0.5) is 0 Å². The van der Waals surface area contributed by atoms with Gasteiger partial charge in [0.2, 0.25) is 5.91 Å². The number of para-hydroxylation sites is 1. The van der Waals surface area contributed by atoms with Crippen molar-refractivity contribution in [1.82, 2.24) is 5.32 Å². The van der Waals surface area contributed by atoms with Crippen LogP contribution < -0.4 is 10.1 Å². The molecule has 0 radical (unpaired) electrons. The maximum Gasteiger partial charge on any atom is 0.222 e. The van der Waals surface area contributed by atoms with Gasteiger partial charge in [0, 0.05) is 25.6 Å². The van der Waals surface area contributed by atoms with E-state index in [1.807, 2.05) is 55.5 Å². The molecule has 4 heteroatoms. The van der Waals surface area contributed by atoms with Crippen LogP contribution in [0.2, 0.25) is 0 Å². The van der Waals surface area contributed by atoms with Crippen LogP contribution in [-0.2, 0) is 16.1 Å². The van der Waals surface area contributed by atoms with Crippen molar-refractivity contribution in [3.05, 3.63) is 59.7 Å². The van der Waals surface area contributed by atoms with Gasteiger partial charge in [-0.15, -0.1) is 0 Å². The molecule has 0 heterocycles. The molecule has 2 aromatic carbocycles. The summed E-state index contributed by atoms with van der Waals surface area (Å²) in [5, 5.41) is 2.87. The summed E-state index contributed by atoms with van der Waals surface area (Å²) < 4.78 is 10.8. The largest absolute Gasteiger partial charge is 0.457 e. The molecule has 116 valence electrons. The average Bonchev–Trinajstić information content (AvgIpc) is 2.54. The van der Waals surface area contributed by atoms with E-state index in [1.165, 1.54) is 5.56 Å². The molecule has 0 spiro atoms. The summed E-state index contributed by atoms with van der Waals surface area (Å²) in [5.74, 6) is 1.49. The van der Waals surface area contributed by atoms with E-state index in [9.17, 15) is 4.79 Å². The van der Waals surface area contributed by atoms with Gasteiger partial charge in [-0.25, -0.2) is 0 Å². The maximum absolute atomic E-state index is 11.7. The molecule has 0 unspecified atom stereocenters. The fourth-order valence-electron chi connectivity index (χ4n) is 1.96. The summed E-state index contributed by atoms with van der Waals surface area (Å²) in [6.07, 6.45) is 0.359. The van der Waals surface area contributed by atoms with Gasteiger partial charge in [0.05, 0.1) is 6.61 Å². The van der Waals surface area contributed by atoms with E-state index in [2.05, 4.69) is 5.32 Å². The van der Waals surface area contributed by atoms with Crippen molar-refractivity contribution >= 4 is 5.91 Å². The van der Waals surface area contributed by atoms with Crippen molar-refractivity contribution in [2.24, 2.45) is 0 Å². The molecular weight excluding hydrogens is 278 g/mol. The second kappa shape index (κ2) is 8.20. The summed E-state index contributed by atoms with van der Waals surface area (Å²) in [5.41, 5.74) is 2.12. The lowest BCUT2D eigenvalue weighted by Crippen LogP contribution is -2.23. The molecule has 0 aliphatic carbocycles. The van der Waals surface area contributed by atoms with Crippen LogP contribution in [0.3, 0.4) is 0 Å². The number of hydrogen-bond acceptors (Lipinski definition) is 3. The lowest BCUT2D eigenvalue weighted by molar-refractivity contribution is -0.122. The Labute approximate surface area is 131 Å². The van der Waals surface area contributed by atoms with Crippen LogP contribution in [0.5, 0.6) is 11.5 Å². The minimum Gasteiger partial charge on any atom is -0.457 e. The van der Waals surface area contributed by atoms with E-state index in [-0.39, 0.29) is 5.91 Å². The molecule has 2 aromatic rings. The van der Waals surface area contributed by atoms with Crippen molar-refractivity contribution < 1.29 is 14.3 Å². The Morgan fingerprint density at radius 2 is 1.82 bits per heavy atom. The zero-order valence-electron chi connectivity index (χ0n) is 13.0. The fraction of sp³-hybridized carbons (Fsp3) is 0.278. The highest BCUT2D eigenvalue weighted by molar-refractivity contribution is 5.76. The standard InChI is InChI=1S/C18H21NO3/c1-14-7-9-16(10-8-14)22-17-6-4-3-5-15(17)13-19-18(20)11-12-21-2/h3-10H,11-13H2,1-2H3,(H,19,20). The third kappa shape index (κ3) is 4.90. The molecule has 4 nitrogen and oxygen atoms in total. The Bertz CT molecular complexity index is 608. The van der Waals surface area contributed by atoms with E-state index in [4.69, 9.17) is 9.47 Å². The highest BCUT2D eigenvalue weighted by Crippen LogP contribution is 2.25. The number of nitrogens with one attached hydrogen (secondary N) is 1. The van der Waals surface area contributed by atoms with Crippen molar-refractivity contribution in [1.29, 1.82) is 0 Å². The topological polar surface area (TPSA) is 47.6 Å². The first-order valence-corrected chi connectivity index (χ1v) is 7.27. The van der Waals surface area contributed by atoms with Gasteiger partial charge in [-0.2, -0.15) is 0 Å². The van der Waals surface area contributed by atoms with Gasteiger partial charge in [0.15, 0.2) is 0 Å². The third-order valence-corrected chi connectivity index (χ3v) is 3.23. The molecule has 0 aliphatic rings. The molecule has 0 atom stereocenters. The van der Waals surface area contributed by atoms with Crippen LogP contribution in [-0.4, -0.2) is 19.6 Å². The number of amides is 1. The summed E-state index contributed by atoms with van der Waals surface area (Å²) in [7, 11) is 1.58. The summed E-state index contributed by atoms with van der Waals surface area (Å²) in [6.45, 7) is 2.89. The van der Waals surface area contributed by atoms with Gasteiger partial charge in [-0.3, -0.25) is 4.79 Å². The molecule has 0 bridgehead atoms. The predicted octanol–water partition coefficient (Wildman–Crippen LogP) is 3.44. The highest BCUT2D eigenvalue weighted by Gasteiger charge is 2.06. The quantitative estimate of drug-likeness (QED) is 0.852. The Kier molecular flexibility index (Phi) is 5.98. The molecule has 1 amide bonds. The van der Waals surface area contributed by atoms with E-state index in [0.717, 1.165) is 17.1 Å². The lowest BCUT2D eigenvalue weighted by atomic mass is 10.2. The maximum atomic E-state index is 11.7. The SMILES string of the molecule is COCCC(=O)NCc1ccccc1Oc1ccc(C)cc1.